The zero-order valence-corrected chi connectivity index (χ0v) is 11.7. The Hall–Kier alpha value is -1.21. The van der Waals surface area contributed by atoms with Crippen molar-refractivity contribution in [3.63, 3.8) is 0 Å². The van der Waals surface area contributed by atoms with E-state index in [9.17, 15) is 0 Å². The Kier molecular flexibility index (Phi) is 4.89. The summed E-state index contributed by atoms with van der Waals surface area (Å²) in [7, 11) is 0. The molecule has 1 aliphatic carbocycles. The van der Waals surface area contributed by atoms with Gasteiger partial charge in [-0.25, -0.2) is 0 Å². The van der Waals surface area contributed by atoms with Gasteiger partial charge in [0, 0.05) is 4.90 Å². The lowest BCUT2D eigenvalue weighted by molar-refractivity contribution is 0.766. The quantitative estimate of drug-likeness (QED) is 0.704. The van der Waals surface area contributed by atoms with Crippen molar-refractivity contribution in [2.24, 2.45) is 5.92 Å². The lowest BCUT2D eigenvalue weighted by Crippen LogP contribution is -1.80. The van der Waals surface area contributed by atoms with E-state index in [1.54, 1.807) is 5.56 Å². The maximum Gasteiger partial charge on any atom is 0.00399 e. The molecule has 0 radical (unpaired) electrons. The van der Waals surface area contributed by atoms with Crippen LogP contribution in [0.15, 0.2) is 65.6 Å². The SMILES string of the molecule is CCC1CC1c1ccccc1.Sc1ccccc1. The first-order valence-electron chi connectivity index (χ1n) is 6.60. The molecule has 0 nitrogen and oxygen atoms in total. The summed E-state index contributed by atoms with van der Waals surface area (Å²) in [6.07, 6.45) is 2.76. The van der Waals surface area contributed by atoms with E-state index in [0.717, 1.165) is 16.7 Å². The maximum absolute atomic E-state index is 4.08. The molecule has 0 amide bonds. The highest BCUT2D eigenvalue weighted by molar-refractivity contribution is 7.80. The highest BCUT2D eigenvalue weighted by Gasteiger charge is 2.35. The molecule has 1 fully saturated rings. The molecule has 2 aromatic rings. The predicted molar refractivity (Wildman–Crippen MR) is 81.3 cm³/mol. The summed E-state index contributed by atoms with van der Waals surface area (Å²) >= 11 is 4.08. The average molecular weight is 256 g/mol. The van der Waals surface area contributed by atoms with Gasteiger partial charge in [-0.1, -0.05) is 61.9 Å². The molecule has 0 spiro atoms. The third-order valence-electron chi connectivity index (χ3n) is 3.43. The molecular formula is C17H20S. The van der Waals surface area contributed by atoms with Gasteiger partial charge in [0.2, 0.25) is 0 Å². The average Bonchev–Trinajstić information content (AvgIpc) is 3.21. The molecule has 2 atom stereocenters. The Bertz CT molecular complexity index is 450. The molecule has 2 aromatic carbocycles. The normalized spacial score (nSPS) is 20.8. The Balaban J connectivity index is 0.000000149. The van der Waals surface area contributed by atoms with Gasteiger partial charge in [0.25, 0.3) is 0 Å². The van der Waals surface area contributed by atoms with Crippen molar-refractivity contribution in [1.29, 1.82) is 0 Å². The van der Waals surface area contributed by atoms with Crippen molar-refractivity contribution in [1.82, 2.24) is 0 Å². The van der Waals surface area contributed by atoms with Crippen LogP contribution in [0.5, 0.6) is 0 Å². The fraction of sp³-hybridized carbons (Fsp3) is 0.294. The monoisotopic (exact) mass is 256 g/mol. The van der Waals surface area contributed by atoms with Gasteiger partial charge in [-0.15, -0.1) is 12.6 Å². The second kappa shape index (κ2) is 6.65. The molecule has 0 aliphatic heterocycles. The second-order valence-electron chi connectivity index (χ2n) is 4.76. The van der Waals surface area contributed by atoms with Crippen LogP contribution in [0.1, 0.15) is 31.2 Å². The highest BCUT2D eigenvalue weighted by atomic mass is 32.1. The maximum atomic E-state index is 4.08. The molecule has 0 bridgehead atoms. The topological polar surface area (TPSA) is 0 Å². The Labute approximate surface area is 115 Å². The summed E-state index contributed by atoms with van der Waals surface area (Å²) in [6.45, 7) is 2.29. The minimum atomic E-state index is 0.890. The van der Waals surface area contributed by atoms with E-state index in [2.05, 4.69) is 49.9 Å². The van der Waals surface area contributed by atoms with E-state index in [4.69, 9.17) is 0 Å². The third kappa shape index (κ3) is 3.92. The first-order valence-corrected chi connectivity index (χ1v) is 7.05. The molecule has 94 valence electrons. The van der Waals surface area contributed by atoms with Gasteiger partial charge in [0.15, 0.2) is 0 Å². The Morgan fingerprint density at radius 1 is 0.944 bits per heavy atom. The fourth-order valence-corrected chi connectivity index (χ4v) is 2.41. The first kappa shape index (κ1) is 13.2. The first-order chi connectivity index (χ1) is 8.81. The van der Waals surface area contributed by atoms with E-state index in [-0.39, 0.29) is 0 Å². The molecule has 1 aliphatic rings. The van der Waals surface area contributed by atoms with Crippen LogP contribution in [0.4, 0.5) is 0 Å². The van der Waals surface area contributed by atoms with Gasteiger partial charge in [-0.05, 0) is 36.0 Å². The van der Waals surface area contributed by atoms with E-state index in [1.165, 1.54) is 12.8 Å². The van der Waals surface area contributed by atoms with Gasteiger partial charge in [0.1, 0.15) is 0 Å². The lowest BCUT2D eigenvalue weighted by atomic mass is 10.1. The summed E-state index contributed by atoms with van der Waals surface area (Å²) in [5.74, 6) is 1.87. The molecule has 0 aromatic heterocycles. The van der Waals surface area contributed by atoms with Crippen molar-refractivity contribution >= 4 is 12.6 Å². The van der Waals surface area contributed by atoms with E-state index in [1.807, 2.05) is 30.3 Å². The third-order valence-corrected chi connectivity index (χ3v) is 3.73. The van der Waals surface area contributed by atoms with Crippen LogP contribution in [0, 0.1) is 5.92 Å². The van der Waals surface area contributed by atoms with E-state index >= 15 is 0 Å². The molecule has 3 rings (SSSR count). The highest BCUT2D eigenvalue weighted by Crippen LogP contribution is 2.49. The molecule has 0 N–H and O–H groups in total. The standard InChI is InChI=1S/C11H14.C6H6S/c1-2-9-8-11(9)10-6-4-3-5-7-10;7-6-4-2-1-3-5-6/h3-7,9,11H,2,8H2,1H3;1-5,7H. The lowest BCUT2D eigenvalue weighted by Gasteiger charge is -1.96. The number of hydrogen-bond donors (Lipinski definition) is 1. The summed E-state index contributed by atoms with van der Waals surface area (Å²) in [5.41, 5.74) is 1.54. The van der Waals surface area contributed by atoms with E-state index in [0.29, 0.717) is 0 Å². The predicted octanol–water partition coefficient (Wildman–Crippen LogP) is 5.18. The number of hydrogen-bond acceptors (Lipinski definition) is 1. The summed E-state index contributed by atoms with van der Waals surface area (Å²) in [6, 6.07) is 20.7. The van der Waals surface area contributed by atoms with Crippen molar-refractivity contribution in [2.75, 3.05) is 0 Å². The van der Waals surface area contributed by atoms with Crippen LogP contribution < -0.4 is 0 Å². The van der Waals surface area contributed by atoms with Crippen molar-refractivity contribution in [3.05, 3.63) is 66.2 Å². The van der Waals surface area contributed by atoms with Crippen molar-refractivity contribution in [2.45, 2.75) is 30.6 Å². The number of rotatable bonds is 2. The van der Waals surface area contributed by atoms with Crippen molar-refractivity contribution in [3.8, 4) is 0 Å². The molecule has 1 heteroatoms. The summed E-state index contributed by atoms with van der Waals surface area (Å²) < 4.78 is 0. The van der Waals surface area contributed by atoms with Gasteiger partial charge in [-0.2, -0.15) is 0 Å². The largest absolute Gasteiger partial charge is 0.143 e. The Morgan fingerprint density at radius 3 is 1.89 bits per heavy atom. The summed E-state index contributed by atoms with van der Waals surface area (Å²) in [5, 5.41) is 0. The minimum Gasteiger partial charge on any atom is -0.143 e. The van der Waals surface area contributed by atoms with E-state index < -0.39 is 0 Å². The van der Waals surface area contributed by atoms with Crippen LogP contribution in [0.3, 0.4) is 0 Å². The van der Waals surface area contributed by atoms with Crippen LogP contribution in [-0.4, -0.2) is 0 Å². The molecule has 0 saturated heterocycles. The Morgan fingerprint density at radius 2 is 1.50 bits per heavy atom. The van der Waals surface area contributed by atoms with Crippen LogP contribution in [-0.2, 0) is 0 Å². The van der Waals surface area contributed by atoms with Crippen molar-refractivity contribution < 1.29 is 0 Å². The molecule has 1 saturated carbocycles. The minimum absolute atomic E-state index is 0.890. The summed E-state index contributed by atoms with van der Waals surface area (Å²) in [4.78, 5) is 1.02. The molecule has 2 unspecified atom stereocenters. The van der Waals surface area contributed by atoms with Gasteiger partial charge in [0.05, 0.1) is 0 Å². The zero-order valence-electron chi connectivity index (χ0n) is 10.8. The van der Waals surface area contributed by atoms with Gasteiger partial charge >= 0.3 is 0 Å². The molecule has 18 heavy (non-hydrogen) atoms. The number of benzene rings is 2. The molecule has 0 heterocycles. The molecular weight excluding hydrogens is 236 g/mol. The van der Waals surface area contributed by atoms with Crippen LogP contribution >= 0.6 is 12.6 Å². The van der Waals surface area contributed by atoms with Gasteiger partial charge < -0.3 is 0 Å². The second-order valence-corrected chi connectivity index (χ2v) is 5.27. The van der Waals surface area contributed by atoms with Crippen LogP contribution in [0.25, 0.3) is 0 Å². The van der Waals surface area contributed by atoms with Crippen LogP contribution in [0.2, 0.25) is 0 Å². The number of thiol groups is 1. The smallest absolute Gasteiger partial charge is 0.00399 e. The zero-order chi connectivity index (χ0) is 12.8. The fourth-order valence-electron chi connectivity index (χ4n) is 2.24. The van der Waals surface area contributed by atoms with Gasteiger partial charge in [-0.3, -0.25) is 0 Å².